The molecule has 21 heteroatoms. The van der Waals surface area contributed by atoms with Crippen LogP contribution in [0.1, 0.15) is 86.2 Å². The standard InChI is InChI=1S/C53H63N11O10/c1-2-19-62(22-23-65)51(73)36-25-35-12-13-38(28-41(35)60-43(54)27-36)53(17-18-53)52(74)59-39-26-37-33-63(21-16-40(37)55-29-39)49(71)32-58-50(72)42(24-34-9-5-3-6-10-34)61-46(68)31-57-45(67)30-56-44(66)11-7-4-8-20-64-47(69)14-15-48(64)70/h3,5-6,9-10,12-15,25-26,28-29,42,65H,2,4,7-8,11,16-24,27,30-33H2,1H3,(H2,54,60)(H,56,66)(H,57,67)(H,58,72)(H,59,74)(H,61,68)/t42-/m0/s1. The zero-order valence-corrected chi connectivity index (χ0v) is 41.5. The van der Waals surface area contributed by atoms with Gasteiger partial charge >= 0.3 is 0 Å². The summed E-state index contributed by atoms with van der Waals surface area (Å²) >= 11 is 0. The zero-order valence-electron chi connectivity index (χ0n) is 41.5. The van der Waals surface area contributed by atoms with Gasteiger partial charge in [0.1, 0.15) is 11.9 Å². The molecule has 1 atom stereocenters. The minimum absolute atomic E-state index is 0.0942. The molecule has 0 unspecified atom stereocenters. The third kappa shape index (κ3) is 14.1. The maximum Gasteiger partial charge on any atom is 0.253 e. The highest BCUT2D eigenvalue weighted by Crippen LogP contribution is 2.50. The number of imide groups is 1. The lowest BCUT2D eigenvalue weighted by Crippen LogP contribution is -2.52. The summed E-state index contributed by atoms with van der Waals surface area (Å²) in [5.41, 5.74) is 10.7. The lowest BCUT2D eigenvalue weighted by molar-refractivity contribution is -0.137. The van der Waals surface area contributed by atoms with E-state index in [0.29, 0.717) is 74.1 Å². The molecule has 390 valence electrons. The maximum absolute atomic E-state index is 14.0. The SMILES string of the molecule is CCCN(CCO)C(=O)C1=Cc2ccc(C3(C(=O)Nc4cnc5c(c4)CN(C(=O)CNC(=O)[C@H](Cc4ccccc4)NC(=O)CNC(=O)CNC(=O)CCCCCN4C(=O)C=CC4=O)CC5)CC3)cc2N=C(N)C1. The lowest BCUT2D eigenvalue weighted by atomic mass is 9.92. The Hall–Kier alpha value is -8.07. The second-order valence-electron chi connectivity index (χ2n) is 18.7. The summed E-state index contributed by atoms with van der Waals surface area (Å²) in [5, 5.41) is 22.8. The van der Waals surface area contributed by atoms with Crippen LogP contribution < -0.4 is 32.3 Å². The molecule has 4 heterocycles. The van der Waals surface area contributed by atoms with Crippen molar-refractivity contribution in [1.82, 2.24) is 41.0 Å². The molecule has 3 aromatic rings. The maximum atomic E-state index is 14.0. The van der Waals surface area contributed by atoms with Crippen LogP contribution in [0.25, 0.3) is 6.08 Å². The van der Waals surface area contributed by atoms with Gasteiger partial charge in [0.25, 0.3) is 11.8 Å². The molecule has 21 nitrogen and oxygen atoms in total. The van der Waals surface area contributed by atoms with E-state index in [2.05, 4.69) is 36.6 Å². The minimum Gasteiger partial charge on any atom is -0.395 e. The first-order valence-electron chi connectivity index (χ1n) is 25.0. The highest BCUT2D eigenvalue weighted by atomic mass is 16.3. The fourth-order valence-electron chi connectivity index (χ4n) is 9.06. The number of nitrogens with zero attached hydrogens (tertiary/aromatic N) is 5. The van der Waals surface area contributed by atoms with Crippen LogP contribution >= 0.6 is 0 Å². The number of hydrogen-bond acceptors (Lipinski definition) is 13. The van der Waals surface area contributed by atoms with Gasteiger partial charge in [0.05, 0.1) is 49.2 Å². The smallest absolute Gasteiger partial charge is 0.253 e. The molecule has 0 radical (unpaired) electrons. The van der Waals surface area contributed by atoms with Crippen LogP contribution in [0.4, 0.5) is 11.4 Å². The van der Waals surface area contributed by atoms with Crippen LogP contribution in [-0.2, 0) is 68.0 Å². The second-order valence-corrected chi connectivity index (χ2v) is 18.7. The van der Waals surface area contributed by atoms with E-state index in [1.54, 1.807) is 52.4 Å². The largest absolute Gasteiger partial charge is 0.395 e. The quantitative estimate of drug-likeness (QED) is 0.0493. The number of aliphatic hydroxyl groups excluding tert-OH is 1. The number of carbonyl (C=O) groups is 9. The molecule has 74 heavy (non-hydrogen) atoms. The number of benzene rings is 2. The monoisotopic (exact) mass is 1010 g/mol. The van der Waals surface area contributed by atoms with Crippen molar-refractivity contribution < 1.29 is 48.3 Å². The van der Waals surface area contributed by atoms with Crippen LogP contribution in [0.3, 0.4) is 0 Å². The summed E-state index contributed by atoms with van der Waals surface area (Å²) in [4.78, 5) is 129. The van der Waals surface area contributed by atoms with Crippen LogP contribution in [0, 0.1) is 0 Å². The average Bonchev–Trinajstić information content (AvgIpc) is 4.17. The van der Waals surface area contributed by atoms with Crippen LogP contribution in [0.5, 0.6) is 0 Å². The summed E-state index contributed by atoms with van der Waals surface area (Å²) < 4.78 is 0. The van der Waals surface area contributed by atoms with Gasteiger partial charge in [0.15, 0.2) is 0 Å². The Labute approximate surface area is 428 Å². The number of nitrogens with two attached hydrogens (primary N) is 1. The number of aliphatic hydroxyl groups is 1. The molecule has 2 aromatic carbocycles. The molecule has 0 spiro atoms. The van der Waals surface area contributed by atoms with Crippen molar-refractivity contribution in [3.8, 4) is 0 Å². The number of aliphatic imine (C=N–C) groups is 1. The molecule has 7 rings (SSSR count). The average molecular weight is 1010 g/mol. The molecule has 1 aromatic heterocycles. The number of aromatic nitrogens is 1. The summed E-state index contributed by atoms with van der Waals surface area (Å²) in [5.74, 6) is -3.54. The van der Waals surface area contributed by atoms with Crippen molar-refractivity contribution in [2.24, 2.45) is 10.7 Å². The van der Waals surface area contributed by atoms with E-state index in [4.69, 9.17) is 5.73 Å². The Morgan fingerprint density at radius 3 is 2.34 bits per heavy atom. The molecule has 8 N–H and O–H groups in total. The van der Waals surface area contributed by atoms with Crippen molar-refractivity contribution in [1.29, 1.82) is 0 Å². The van der Waals surface area contributed by atoms with Crippen LogP contribution in [0.15, 0.2) is 83.5 Å². The second kappa shape index (κ2) is 25.0. The third-order valence-electron chi connectivity index (χ3n) is 13.2. The lowest BCUT2D eigenvalue weighted by Gasteiger charge is -2.29. The zero-order chi connectivity index (χ0) is 52.8. The van der Waals surface area contributed by atoms with Crippen molar-refractivity contribution in [3.63, 3.8) is 0 Å². The molecule has 1 fully saturated rings. The molecule has 4 aliphatic rings. The van der Waals surface area contributed by atoms with E-state index >= 15 is 0 Å². The number of hydrogen-bond donors (Lipinski definition) is 7. The molecule has 0 saturated heterocycles. The van der Waals surface area contributed by atoms with Gasteiger partial charge in [0.2, 0.25) is 41.4 Å². The number of amides is 9. The van der Waals surface area contributed by atoms with Crippen molar-refractivity contribution in [3.05, 3.63) is 106 Å². The van der Waals surface area contributed by atoms with Gasteiger partial charge in [-0.15, -0.1) is 0 Å². The van der Waals surface area contributed by atoms with Gasteiger partial charge in [-0.2, -0.15) is 0 Å². The van der Waals surface area contributed by atoms with E-state index < -0.39 is 35.7 Å². The molecule has 1 aliphatic carbocycles. The van der Waals surface area contributed by atoms with Gasteiger partial charge < -0.3 is 47.2 Å². The molecule has 3 aliphatic heterocycles. The van der Waals surface area contributed by atoms with Gasteiger partial charge in [-0.25, -0.2) is 4.99 Å². The fourth-order valence-corrected chi connectivity index (χ4v) is 9.06. The number of pyridine rings is 1. The third-order valence-corrected chi connectivity index (χ3v) is 13.2. The number of unbranched alkanes of at least 4 members (excludes halogenated alkanes) is 2. The van der Waals surface area contributed by atoms with E-state index in [1.165, 1.54) is 12.2 Å². The first-order chi connectivity index (χ1) is 35.7. The van der Waals surface area contributed by atoms with Gasteiger partial charge in [0, 0.05) is 87.4 Å². The number of nitrogens with one attached hydrogen (secondary N) is 5. The van der Waals surface area contributed by atoms with Crippen LogP contribution in [0.2, 0.25) is 0 Å². The van der Waals surface area contributed by atoms with E-state index in [0.717, 1.165) is 33.7 Å². The number of fused-ring (bicyclic) bond motifs is 2. The number of amidine groups is 1. The predicted octanol–water partition coefficient (Wildman–Crippen LogP) is 1.20. The van der Waals surface area contributed by atoms with Crippen molar-refractivity contribution in [2.45, 2.75) is 89.1 Å². The topological polar surface area (TPSA) is 295 Å². The van der Waals surface area contributed by atoms with E-state index in [-0.39, 0.29) is 99.9 Å². The van der Waals surface area contributed by atoms with E-state index in [9.17, 15) is 48.3 Å². The summed E-state index contributed by atoms with van der Waals surface area (Å²) in [6, 6.07) is 15.2. The predicted molar refractivity (Wildman–Crippen MR) is 273 cm³/mol. The Morgan fingerprint density at radius 2 is 1.61 bits per heavy atom. The van der Waals surface area contributed by atoms with Crippen LogP contribution in [-0.4, -0.2) is 142 Å². The Morgan fingerprint density at radius 1 is 0.865 bits per heavy atom. The normalized spacial score (nSPS) is 15.6. The highest BCUT2D eigenvalue weighted by molar-refractivity contribution is 6.13. The first-order valence-corrected chi connectivity index (χ1v) is 25.0. The highest BCUT2D eigenvalue weighted by Gasteiger charge is 2.51. The summed E-state index contributed by atoms with van der Waals surface area (Å²) in [6.45, 7) is 2.07. The van der Waals surface area contributed by atoms with E-state index in [1.807, 2.05) is 31.2 Å². The van der Waals surface area contributed by atoms with Gasteiger partial charge in [-0.3, -0.25) is 53.0 Å². The van der Waals surface area contributed by atoms with Gasteiger partial charge in [-0.1, -0.05) is 55.8 Å². The Kier molecular flexibility index (Phi) is 18.2. The van der Waals surface area contributed by atoms with Gasteiger partial charge in [-0.05, 0) is 67.0 Å². The first kappa shape index (κ1) is 53.7. The number of carbonyl (C=O) groups excluding carboxylic acids is 9. The fraction of sp³-hybridized carbons (Fsp3) is 0.415. The number of rotatable bonds is 24. The van der Waals surface area contributed by atoms with Crippen molar-refractivity contribution in [2.75, 3.05) is 57.7 Å². The molecule has 9 amide bonds. The summed E-state index contributed by atoms with van der Waals surface area (Å²) in [6.07, 6.45) is 10.2. The summed E-state index contributed by atoms with van der Waals surface area (Å²) in [7, 11) is 0. The molecule has 0 bridgehead atoms. The minimum atomic E-state index is -1.10. The molecule has 1 saturated carbocycles. The van der Waals surface area contributed by atoms with Crippen molar-refractivity contribution >= 4 is 76.5 Å². The molecular weight excluding hydrogens is 951 g/mol. The number of anilines is 1. The Balaban J connectivity index is 0.882. The Bertz CT molecular complexity index is 2730. The molecular formula is C53H63N11O10.